The number of thiazole rings is 1. The number of nitrogens with zero attached hydrogens (tertiary/aromatic N) is 1. The van der Waals surface area contributed by atoms with Crippen LogP contribution in [0.25, 0.3) is 10.2 Å². The molecule has 5 nitrogen and oxygen atoms in total. The van der Waals surface area contributed by atoms with Crippen molar-refractivity contribution in [3.05, 3.63) is 134 Å². The minimum Gasteiger partial charge on any atom is -0.294 e. The molecular formula is C28H23ClN2O3S2. The van der Waals surface area contributed by atoms with Gasteiger partial charge in [-0.15, -0.1) is 0 Å². The van der Waals surface area contributed by atoms with E-state index in [0.29, 0.717) is 21.8 Å². The first kappa shape index (κ1) is 24.5. The summed E-state index contributed by atoms with van der Waals surface area (Å²) in [5.41, 5.74) is 4.36. The highest BCUT2D eigenvalue weighted by Crippen LogP contribution is 2.27. The van der Waals surface area contributed by atoms with Crippen LogP contribution in [0.5, 0.6) is 0 Å². The number of hydrogen-bond acceptors (Lipinski definition) is 4. The van der Waals surface area contributed by atoms with Crippen molar-refractivity contribution in [2.45, 2.75) is 24.4 Å². The molecule has 1 aromatic heterocycles. The minimum absolute atomic E-state index is 0.114. The number of halogens is 1. The van der Waals surface area contributed by atoms with Crippen LogP contribution in [0.1, 0.15) is 28.3 Å². The Labute approximate surface area is 218 Å². The van der Waals surface area contributed by atoms with E-state index in [1.54, 1.807) is 34.9 Å². The van der Waals surface area contributed by atoms with Gasteiger partial charge in [0.1, 0.15) is 0 Å². The zero-order chi connectivity index (χ0) is 25.3. The van der Waals surface area contributed by atoms with Gasteiger partial charge in [-0.3, -0.25) is 9.36 Å². The molecule has 0 unspecified atom stereocenters. The molecule has 0 aliphatic heterocycles. The average molecular weight is 535 g/mol. The summed E-state index contributed by atoms with van der Waals surface area (Å²) in [5.74, 6) is 0. The number of aryl methyl sites for hydroxylation is 1. The molecule has 1 N–H and O–H groups in total. The van der Waals surface area contributed by atoms with E-state index >= 15 is 0 Å². The number of sulfonamides is 1. The Morgan fingerprint density at radius 2 is 1.61 bits per heavy atom. The summed E-state index contributed by atoms with van der Waals surface area (Å²) in [6.45, 7) is 2.36. The smallest absolute Gasteiger partial charge is 0.294 e. The molecule has 0 saturated heterocycles. The van der Waals surface area contributed by atoms with Crippen LogP contribution in [0.3, 0.4) is 0 Å². The van der Waals surface area contributed by atoms with E-state index < -0.39 is 16.1 Å². The third kappa shape index (κ3) is 5.15. The quantitative estimate of drug-likeness (QED) is 0.272. The zero-order valence-electron chi connectivity index (χ0n) is 19.4. The molecule has 1 heterocycles. The maximum atomic E-state index is 13.5. The third-order valence-electron chi connectivity index (χ3n) is 5.99. The van der Waals surface area contributed by atoms with Gasteiger partial charge < -0.3 is 0 Å². The van der Waals surface area contributed by atoms with Crippen molar-refractivity contribution in [3.63, 3.8) is 0 Å². The van der Waals surface area contributed by atoms with Gasteiger partial charge in [-0.2, -0.15) is 4.72 Å². The second-order valence-corrected chi connectivity index (χ2v) is 11.7. The summed E-state index contributed by atoms with van der Waals surface area (Å²) < 4.78 is 32.2. The molecule has 36 heavy (non-hydrogen) atoms. The molecule has 8 heteroatoms. The van der Waals surface area contributed by atoms with Crippen LogP contribution in [-0.2, 0) is 16.6 Å². The maximum Gasteiger partial charge on any atom is 0.308 e. The number of nitrogens with one attached hydrogen (secondary N) is 1. The fraction of sp³-hybridized carbons (Fsp3) is 0.107. The van der Waals surface area contributed by atoms with E-state index in [-0.39, 0.29) is 9.77 Å². The van der Waals surface area contributed by atoms with Crippen molar-refractivity contribution in [1.29, 1.82) is 0 Å². The van der Waals surface area contributed by atoms with Gasteiger partial charge >= 0.3 is 4.87 Å². The van der Waals surface area contributed by atoms with Gasteiger partial charge in [-0.1, -0.05) is 95.2 Å². The van der Waals surface area contributed by atoms with Crippen LogP contribution >= 0.6 is 22.9 Å². The van der Waals surface area contributed by atoms with Crippen molar-refractivity contribution in [3.8, 4) is 0 Å². The minimum atomic E-state index is -3.90. The Morgan fingerprint density at radius 3 is 2.33 bits per heavy atom. The molecule has 0 aliphatic rings. The molecule has 5 aromatic rings. The third-order valence-corrected chi connectivity index (χ3v) is 8.60. The Hall–Kier alpha value is -3.23. The lowest BCUT2D eigenvalue weighted by molar-refractivity contribution is 0.572. The fourth-order valence-electron chi connectivity index (χ4n) is 4.18. The van der Waals surface area contributed by atoms with Gasteiger partial charge in [0.05, 0.1) is 27.7 Å². The normalized spacial score (nSPS) is 12.6. The van der Waals surface area contributed by atoms with E-state index in [0.717, 1.165) is 33.6 Å². The van der Waals surface area contributed by atoms with Gasteiger partial charge in [0.2, 0.25) is 10.0 Å². The van der Waals surface area contributed by atoms with E-state index in [1.165, 1.54) is 0 Å². The second kappa shape index (κ2) is 10.0. The van der Waals surface area contributed by atoms with Crippen LogP contribution in [-0.4, -0.2) is 13.0 Å². The van der Waals surface area contributed by atoms with Crippen LogP contribution in [0, 0.1) is 6.92 Å². The molecule has 0 amide bonds. The van der Waals surface area contributed by atoms with Crippen LogP contribution in [0.2, 0.25) is 5.02 Å². The van der Waals surface area contributed by atoms with Crippen molar-refractivity contribution in [1.82, 2.24) is 9.29 Å². The van der Waals surface area contributed by atoms with Crippen molar-refractivity contribution in [2.75, 3.05) is 0 Å². The van der Waals surface area contributed by atoms with E-state index in [9.17, 15) is 13.2 Å². The maximum absolute atomic E-state index is 13.5. The number of hydrogen-bond donors (Lipinski definition) is 1. The summed E-state index contributed by atoms with van der Waals surface area (Å²) in [4.78, 5) is 12.7. The number of aromatic nitrogens is 1. The highest BCUT2D eigenvalue weighted by molar-refractivity contribution is 7.89. The summed E-state index contributed by atoms with van der Waals surface area (Å²) in [7, 11) is -3.90. The zero-order valence-corrected chi connectivity index (χ0v) is 21.8. The largest absolute Gasteiger partial charge is 0.308 e. The molecule has 0 spiro atoms. The summed E-state index contributed by atoms with van der Waals surface area (Å²) >= 11 is 7.01. The molecule has 5 rings (SSSR count). The Kier molecular flexibility index (Phi) is 6.81. The summed E-state index contributed by atoms with van der Waals surface area (Å²) in [6, 6.07) is 28.8. The highest BCUT2D eigenvalue weighted by Gasteiger charge is 2.24. The molecule has 0 bridgehead atoms. The topological polar surface area (TPSA) is 68.2 Å². The Bertz CT molecular complexity index is 1690. The van der Waals surface area contributed by atoms with Gasteiger partial charge in [-0.25, -0.2) is 8.42 Å². The van der Waals surface area contributed by atoms with Crippen molar-refractivity contribution < 1.29 is 8.42 Å². The molecular weight excluding hydrogens is 512 g/mol. The SMILES string of the molecule is Cc1cccc([C@@H](NS(=O)(=O)c2ccc3c(c2)sc(=O)n3Cc2ccc(Cl)cc2)c2ccccc2)c1. The number of benzene rings is 4. The standard InChI is InChI=1S/C28H23ClN2O3S2/c1-19-6-5-9-22(16-19)27(21-7-3-2-4-8-21)30-36(33,34)24-14-15-25-26(17-24)35-28(32)31(25)18-20-10-12-23(29)13-11-20/h2-17,27,30H,18H2,1H3/t27-/m0/s1. The monoisotopic (exact) mass is 534 g/mol. The molecule has 0 radical (unpaired) electrons. The predicted octanol–water partition coefficient (Wildman–Crippen LogP) is 6.14. The molecule has 0 saturated carbocycles. The lowest BCUT2D eigenvalue weighted by atomic mass is 9.98. The lowest BCUT2D eigenvalue weighted by Crippen LogP contribution is -2.29. The average Bonchev–Trinajstić information content (AvgIpc) is 3.18. The van der Waals surface area contributed by atoms with Gasteiger partial charge in [0, 0.05) is 5.02 Å². The van der Waals surface area contributed by atoms with E-state index in [1.807, 2.05) is 73.7 Å². The van der Waals surface area contributed by atoms with Crippen LogP contribution in [0.4, 0.5) is 0 Å². The predicted molar refractivity (Wildman–Crippen MR) is 146 cm³/mol. The van der Waals surface area contributed by atoms with Crippen molar-refractivity contribution in [2.24, 2.45) is 0 Å². The first-order valence-electron chi connectivity index (χ1n) is 11.3. The first-order chi connectivity index (χ1) is 17.3. The van der Waals surface area contributed by atoms with E-state index in [4.69, 9.17) is 11.6 Å². The molecule has 182 valence electrons. The van der Waals surface area contributed by atoms with Gasteiger partial charge in [-0.05, 0) is 53.9 Å². The Morgan fingerprint density at radius 1 is 0.889 bits per heavy atom. The summed E-state index contributed by atoms with van der Waals surface area (Å²) in [5, 5.41) is 0.628. The summed E-state index contributed by atoms with van der Waals surface area (Å²) in [6.07, 6.45) is 0. The molecule has 0 aliphatic carbocycles. The first-order valence-corrected chi connectivity index (χ1v) is 14.0. The molecule has 0 fully saturated rings. The Balaban J connectivity index is 1.50. The number of fused-ring (bicyclic) bond motifs is 1. The van der Waals surface area contributed by atoms with Crippen molar-refractivity contribution >= 4 is 43.2 Å². The fourth-order valence-corrected chi connectivity index (χ4v) is 6.55. The molecule has 4 aromatic carbocycles. The van der Waals surface area contributed by atoms with Crippen LogP contribution in [0.15, 0.2) is 107 Å². The second-order valence-electron chi connectivity index (χ2n) is 8.59. The molecule has 1 atom stereocenters. The lowest BCUT2D eigenvalue weighted by Gasteiger charge is -2.20. The highest BCUT2D eigenvalue weighted by atomic mass is 35.5. The van der Waals surface area contributed by atoms with Gasteiger partial charge in [0.25, 0.3) is 0 Å². The van der Waals surface area contributed by atoms with E-state index in [2.05, 4.69) is 4.72 Å². The van der Waals surface area contributed by atoms with Gasteiger partial charge in [0.15, 0.2) is 0 Å². The number of rotatable bonds is 7. The van der Waals surface area contributed by atoms with Crippen LogP contribution < -0.4 is 9.60 Å².